The molecule has 3 rings (SSSR count). The summed E-state index contributed by atoms with van der Waals surface area (Å²) in [6.07, 6.45) is 13.2. The number of nitrogens with zero attached hydrogens (tertiary/aromatic N) is 1. The van der Waals surface area contributed by atoms with Crippen LogP contribution in [0.2, 0.25) is 0 Å². The van der Waals surface area contributed by atoms with Crippen LogP contribution in [0.5, 0.6) is 0 Å². The van der Waals surface area contributed by atoms with Crippen molar-refractivity contribution < 1.29 is 0 Å². The largest absolute Gasteiger partial charge is 0.278 e. The fourth-order valence-corrected chi connectivity index (χ4v) is 2.49. The summed E-state index contributed by atoms with van der Waals surface area (Å²) < 4.78 is 0. The Kier molecular flexibility index (Phi) is 8.21. The van der Waals surface area contributed by atoms with Gasteiger partial charge in [-0.1, -0.05) is 70.2 Å². The topological polar surface area (TPSA) is 12.4 Å². The number of allylic oxidation sites excluding steroid dienone is 5. The first-order valence-electron chi connectivity index (χ1n) is 8.51. The van der Waals surface area contributed by atoms with E-state index in [0.29, 0.717) is 0 Å². The summed E-state index contributed by atoms with van der Waals surface area (Å²) in [4.78, 5) is 4.62. The van der Waals surface area contributed by atoms with E-state index in [2.05, 4.69) is 66.6 Å². The molecule has 118 valence electrons. The molecule has 1 aliphatic heterocycles. The summed E-state index contributed by atoms with van der Waals surface area (Å²) in [5.74, 6) is 0. The Balaban J connectivity index is 0.000000561. The van der Waals surface area contributed by atoms with Crippen molar-refractivity contribution in [1.82, 2.24) is 0 Å². The highest BCUT2D eigenvalue weighted by Gasteiger charge is 2.12. The minimum absolute atomic E-state index is 0.213. The van der Waals surface area contributed by atoms with E-state index in [9.17, 15) is 0 Å². The van der Waals surface area contributed by atoms with Crippen molar-refractivity contribution in [3.63, 3.8) is 0 Å². The van der Waals surface area contributed by atoms with Crippen molar-refractivity contribution in [3.8, 4) is 0 Å². The first-order valence-corrected chi connectivity index (χ1v) is 8.51. The molecule has 1 heterocycles. The summed E-state index contributed by atoms with van der Waals surface area (Å²) in [6.45, 7) is 10.1. The Labute approximate surface area is 136 Å². The van der Waals surface area contributed by atoms with E-state index in [4.69, 9.17) is 0 Å². The van der Waals surface area contributed by atoms with E-state index in [0.717, 1.165) is 18.6 Å². The molecule has 0 saturated carbocycles. The molecule has 1 aromatic carbocycles. The average Bonchev–Trinajstić information content (AvgIpc) is 3.06. The minimum Gasteiger partial charge on any atom is -0.278 e. The fourth-order valence-electron chi connectivity index (χ4n) is 2.49. The van der Waals surface area contributed by atoms with Crippen LogP contribution in [-0.4, -0.2) is 5.71 Å². The smallest absolute Gasteiger partial charge is 0.0937 e. The first kappa shape index (κ1) is 18.2. The van der Waals surface area contributed by atoms with Crippen LogP contribution in [0.25, 0.3) is 5.57 Å². The van der Waals surface area contributed by atoms with Crippen LogP contribution in [-0.2, 0) is 0 Å². The Hall–Kier alpha value is -1.89. The predicted molar refractivity (Wildman–Crippen MR) is 100 cm³/mol. The van der Waals surface area contributed by atoms with Gasteiger partial charge in [-0.05, 0) is 48.6 Å². The second-order valence-electron chi connectivity index (χ2n) is 4.86. The molecular weight excluding hydrogens is 266 g/mol. The van der Waals surface area contributed by atoms with Gasteiger partial charge in [0.1, 0.15) is 0 Å². The van der Waals surface area contributed by atoms with Gasteiger partial charge in [-0.15, -0.1) is 0 Å². The lowest BCUT2D eigenvalue weighted by atomic mass is 9.94. The van der Waals surface area contributed by atoms with Crippen LogP contribution in [0, 0.1) is 0 Å². The van der Waals surface area contributed by atoms with Crippen molar-refractivity contribution in [1.29, 1.82) is 0 Å². The van der Waals surface area contributed by atoms with Gasteiger partial charge in [0, 0.05) is 5.71 Å². The molecule has 0 radical (unpaired) electrons. The molecule has 1 aromatic rings. The molecule has 0 N–H and O–H groups in total. The Morgan fingerprint density at radius 3 is 2.45 bits per heavy atom. The normalized spacial score (nSPS) is 18.5. The summed E-state index contributed by atoms with van der Waals surface area (Å²) in [5.41, 5.74) is 5.17. The van der Waals surface area contributed by atoms with Crippen LogP contribution >= 0.6 is 0 Å². The van der Waals surface area contributed by atoms with E-state index in [-0.39, 0.29) is 6.04 Å². The molecule has 22 heavy (non-hydrogen) atoms. The molecule has 0 aromatic heterocycles. The zero-order chi connectivity index (χ0) is 16.4. The molecular formula is C21H29N. The van der Waals surface area contributed by atoms with Crippen LogP contribution < -0.4 is 0 Å². The summed E-state index contributed by atoms with van der Waals surface area (Å²) in [5, 5.41) is 0. The summed E-state index contributed by atoms with van der Waals surface area (Å²) in [6, 6.07) is 9.00. The fraction of sp³-hybridized carbons (Fsp3) is 0.381. The van der Waals surface area contributed by atoms with E-state index in [1.807, 2.05) is 27.7 Å². The van der Waals surface area contributed by atoms with Gasteiger partial charge in [0.15, 0.2) is 0 Å². The van der Waals surface area contributed by atoms with Crippen LogP contribution in [0.4, 0.5) is 0 Å². The van der Waals surface area contributed by atoms with Crippen LogP contribution in [0.1, 0.15) is 64.6 Å². The van der Waals surface area contributed by atoms with Gasteiger partial charge in [0.05, 0.1) is 6.04 Å². The maximum absolute atomic E-state index is 4.62. The number of rotatable bonds is 2. The number of hydrogen-bond acceptors (Lipinski definition) is 1. The molecule has 0 spiro atoms. The molecule has 1 aliphatic carbocycles. The summed E-state index contributed by atoms with van der Waals surface area (Å²) in [7, 11) is 0. The minimum atomic E-state index is 0.213. The van der Waals surface area contributed by atoms with Crippen molar-refractivity contribution in [3.05, 3.63) is 65.8 Å². The zero-order valence-electron chi connectivity index (χ0n) is 14.6. The average molecular weight is 295 g/mol. The molecule has 2 aliphatic rings. The summed E-state index contributed by atoms with van der Waals surface area (Å²) >= 11 is 0. The lowest BCUT2D eigenvalue weighted by molar-refractivity contribution is 0.929. The molecule has 0 bridgehead atoms. The number of benzene rings is 1. The molecule has 1 unspecified atom stereocenters. The highest BCUT2D eigenvalue weighted by Crippen LogP contribution is 2.28. The third kappa shape index (κ3) is 4.84. The quantitative estimate of drug-likeness (QED) is 0.587. The van der Waals surface area contributed by atoms with Crippen LogP contribution in [0.15, 0.2) is 59.6 Å². The number of aliphatic imine (C=N–C) groups is 1. The van der Waals surface area contributed by atoms with Gasteiger partial charge in [0.25, 0.3) is 0 Å². The van der Waals surface area contributed by atoms with E-state index in [1.54, 1.807) is 0 Å². The zero-order valence-corrected chi connectivity index (χ0v) is 14.6. The third-order valence-electron chi connectivity index (χ3n) is 3.48. The third-order valence-corrected chi connectivity index (χ3v) is 3.48. The van der Waals surface area contributed by atoms with E-state index in [1.165, 1.54) is 16.7 Å². The Morgan fingerprint density at radius 2 is 1.86 bits per heavy atom. The SMILES string of the molecule is CC.CC.CC1=NC(c2cccc(C3=CC=CCC3)c2)C=C1. The number of hydrogen-bond donors (Lipinski definition) is 0. The molecule has 1 heteroatoms. The standard InChI is InChI=1S/C17H17N.2C2H6/c1-13-10-11-17(18-13)16-9-5-8-15(12-16)14-6-3-2-4-7-14;2*1-2/h2-3,5-6,8-12,17H,4,7H2,1H3;2*1-2H3. The highest BCUT2D eigenvalue weighted by atomic mass is 14.8. The molecule has 0 amide bonds. The second-order valence-corrected chi connectivity index (χ2v) is 4.86. The second kappa shape index (κ2) is 9.94. The molecule has 0 saturated heterocycles. The van der Waals surface area contributed by atoms with Gasteiger partial charge < -0.3 is 0 Å². The lowest BCUT2D eigenvalue weighted by Crippen LogP contribution is -1.93. The van der Waals surface area contributed by atoms with Gasteiger partial charge >= 0.3 is 0 Å². The van der Waals surface area contributed by atoms with Gasteiger partial charge in [-0.25, -0.2) is 0 Å². The molecule has 1 atom stereocenters. The van der Waals surface area contributed by atoms with Gasteiger partial charge in [-0.3, -0.25) is 4.99 Å². The maximum Gasteiger partial charge on any atom is 0.0937 e. The van der Waals surface area contributed by atoms with Crippen LogP contribution in [0.3, 0.4) is 0 Å². The Bertz CT molecular complexity index is 573. The molecule has 1 nitrogen and oxygen atoms in total. The first-order chi connectivity index (χ1) is 10.8. The monoisotopic (exact) mass is 295 g/mol. The predicted octanol–water partition coefficient (Wildman–Crippen LogP) is 6.54. The van der Waals surface area contributed by atoms with Gasteiger partial charge in [0.2, 0.25) is 0 Å². The van der Waals surface area contributed by atoms with Crippen molar-refractivity contribution >= 4 is 11.3 Å². The van der Waals surface area contributed by atoms with Crippen molar-refractivity contribution in [2.75, 3.05) is 0 Å². The van der Waals surface area contributed by atoms with E-state index >= 15 is 0 Å². The lowest BCUT2D eigenvalue weighted by Gasteiger charge is -2.12. The Morgan fingerprint density at radius 1 is 1.09 bits per heavy atom. The van der Waals surface area contributed by atoms with Crippen molar-refractivity contribution in [2.45, 2.75) is 53.5 Å². The van der Waals surface area contributed by atoms with Gasteiger partial charge in [-0.2, -0.15) is 0 Å². The maximum atomic E-state index is 4.62. The van der Waals surface area contributed by atoms with E-state index < -0.39 is 0 Å². The highest BCUT2D eigenvalue weighted by molar-refractivity contribution is 5.95. The molecule has 0 fully saturated rings. The van der Waals surface area contributed by atoms with Crippen molar-refractivity contribution in [2.24, 2.45) is 4.99 Å².